The van der Waals surface area contributed by atoms with Crippen LogP contribution in [0.4, 0.5) is 5.82 Å². The van der Waals surface area contributed by atoms with Crippen molar-refractivity contribution in [3.63, 3.8) is 0 Å². The quantitative estimate of drug-likeness (QED) is 0.843. The monoisotopic (exact) mass is 283 g/mol. The second-order valence-corrected chi connectivity index (χ2v) is 6.71. The summed E-state index contributed by atoms with van der Waals surface area (Å²) in [6.07, 6.45) is 0. The molecule has 0 aliphatic rings. The summed E-state index contributed by atoms with van der Waals surface area (Å²) in [5.41, 5.74) is 0.208. The fourth-order valence-corrected chi connectivity index (χ4v) is 2.46. The normalized spacial score (nSPS) is 12.3. The van der Waals surface area contributed by atoms with Crippen LogP contribution in [0.15, 0.2) is 11.4 Å². The molecule has 0 bridgehead atoms. The molecule has 2 rings (SSSR count). The lowest BCUT2D eigenvalue weighted by Crippen LogP contribution is -2.28. The summed E-state index contributed by atoms with van der Waals surface area (Å²) in [6.45, 7) is 9.82. The lowest BCUT2D eigenvalue weighted by molar-refractivity contribution is 0.269. The van der Waals surface area contributed by atoms with E-state index in [1.165, 1.54) is 0 Å². The van der Waals surface area contributed by atoms with Crippen molar-refractivity contribution >= 4 is 39.0 Å². The highest BCUT2D eigenvalue weighted by atomic mass is 35.5. The first-order valence-electron chi connectivity index (χ1n) is 6.05. The maximum atomic E-state index is 5.94. The summed E-state index contributed by atoms with van der Waals surface area (Å²) < 4.78 is 0. The van der Waals surface area contributed by atoms with Crippen LogP contribution >= 0.6 is 22.9 Å². The Bertz CT molecular complexity index is 548. The molecular formula is C13H18ClN3S. The first-order valence-corrected chi connectivity index (χ1v) is 7.30. The van der Waals surface area contributed by atoms with Crippen molar-refractivity contribution in [2.24, 2.45) is 11.3 Å². The van der Waals surface area contributed by atoms with Gasteiger partial charge in [0.25, 0.3) is 0 Å². The highest BCUT2D eigenvalue weighted by Gasteiger charge is 2.22. The topological polar surface area (TPSA) is 37.8 Å². The predicted octanol–water partition coefficient (Wildman–Crippen LogP) is 4.44. The van der Waals surface area contributed by atoms with Gasteiger partial charge in [-0.15, -0.1) is 11.3 Å². The van der Waals surface area contributed by atoms with Crippen LogP contribution in [-0.2, 0) is 0 Å². The molecule has 5 heteroatoms. The third-order valence-corrected chi connectivity index (χ3v) is 4.55. The summed E-state index contributed by atoms with van der Waals surface area (Å²) in [7, 11) is 0. The van der Waals surface area contributed by atoms with Crippen molar-refractivity contribution in [2.45, 2.75) is 27.7 Å². The zero-order valence-corrected chi connectivity index (χ0v) is 12.7. The van der Waals surface area contributed by atoms with Gasteiger partial charge in [-0.2, -0.15) is 0 Å². The van der Waals surface area contributed by atoms with Crippen LogP contribution in [0.25, 0.3) is 10.2 Å². The van der Waals surface area contributed by atoms with Gasteiger partial charge in [-0.1, -0.05) is 27.7 Å². The van der Waals surface area contributed by atoms with E-state index in [0.29, 0.717) is 11.2 Å². The minimum absolute atomic E-state index is 0.208. The summed E-state index contributed by atoms with van der Waals surface area (Å²) in [5.74, 6) is 1.43. The van der Waals surface area contributed by atoms with Gasteiger partial charge in [0.2, 0.25) is 5.28 Å². The highest BCUT2D eigenvalue weighted by molar-refractivity contribution is 7.16. The molecule has 2 heterocycles. The summed E-state index contributed by atoms with van der Waals surface area (Å²) in [6, 6.07) is 2.03. The van der Waals surface area contributed by atoms with Crippen molar-refractivity contribution in [2.75, 3.05) is 11.9 Å². The number of aromatic nitrogens is 2. The van der Waals surface area contributed by atoms with Gasteiger partial charge in [-0.05, 0) is 34.4 Å². The number of thiophene rings is 1. The summed E-state index contributed by atoms with van der Waals surface area (Å²) >= 11 is 7.52. The van der Waals surface area contributed by atoms with Crippen LogP contribution < -0.4 is 5.32 Å². The number of nitrogens with zero attached hydrogens (tertiary/aromatic N) is 2. The Morgan fingerprint density at radius 3 is 2.78 bits per heavy atom. The molecule has 2 aromatic rings. The molecule has 3 nitrogen and oxygen atoms in total. The van der Waals surface area contributed by atoms with E-state index >= 15 is 0 Å². The molecule has 0 fully saturated rings. The zero-order valence-electron chi connectivity index (χ0n) is 11.1. The van der Waals surface area contributed by atoms with E-state index in [9.17, 15) is 0 Å². The number of anilines is 1. The molecule has 0 amide bonds. The highest BCUT2D eigenvalue weighted by Crippen LogP contribution is 2.30. The number of rotatable bonds is 4. The Morgan fingerprint density at radius 2 is 2.11 bits per heavy atom. The van der Waals surface area contributed by atoms with Gasteiger partial charge in [-0.25, -0.2) is 9.97 Å². The van der Waals surface area contributed by atoms with Crippen molar-refractivity contribution in [1.82, 2.24) is 9.97 Å². The minimum atomic E-state index is 0.208. The van der Waals surface area contributed by atoms with E-state index in [1.54, 1.807) is 11.3 Å². The second-order valence-electron chi connectivity index (χ2n) is 5.48. The Labute approximate surface area is 117 Å². The summed E-state index contributed by atoms with van der Waals surface area (Å²) in [4.78, 5) is 9.42. The first kappa shape index (κ1) is 13.6. The average Bonchev–Trinajstić information content (AvgIpc) is 2.73. The molecule has 98 valence electrons. The number of halogens is 1. The molecule has 0 spiro atoms. The van der Waals surface area contributed by atoms with Crippen molar-refractivity contribution < 1.29 is 0 Å². The maximum Gasteiger partial charge on any atom is 0.225 e. The Kier molecular flexibility index (Phi) is 3.78. The lowest BCUT2D eigenvalue weighted by atomic mass is 9.81. The molecule has 1 N–H and O–H groups in total. The van der Waals surface area contributed by atoms with Crippen LogP contribution in [0.1, 0.15) is 27.7 Å². The first-order chi connectivity index (χ1) is 8.40. The van der Waals surface area contributed by atoms with E-state index in [0.717, 1.165) is 22.6 Å². The van der Waals surface area contributed by atoms with Crippen molar-refractivity contribution in [3.05, 3.63) is 16.7 Å². The zero-order chi connectivity index (χ0) is 13.3. The number of fused-ring (bicyclic) bond motifs is 1. The van der Waals surface area contributed by atoms with Crippen LogP contribution in [0.2, 0.25) is 5.28 Å². The van der Waals surface area contributed by atoms with E-state index in [4.69, 9.17) is 11.6 Å². The van der Waals surface area contributed by atoms with Gasteiger partial charge < -0.3 is 5.32 Å². The van der Waals surface area contributed by atoms with E-state index in [1.807, 2.05) is 11.4 Å². The largest absolute Gasteiger partial charge is 0.369 e. The smallest absolute Gasteiger partial charge is 0.225 e. The molecule has 0 aromatic carbocycles. The van der Waals surface area contributed by atoms with Gasteiger partial charge in [-0.3, -0.25) is 0 Å². The van der Waals surface area contributed by atoms with E-state index < -0.39 is 0 Å². The van der Waals surface area contributed by atoms with Crippen molar-refractivity contribution in [3.8, 4) is 0 Å². The fraction of sp³-hybridized carbons (Fsp3) is 0.538. The van der Waals surface area contributed by atoms with Crippen LogP contribution in [0, 0.1) is 11.3 Å². The molecule has 0 aliphatic carbocycles. The lowest BCUT2D eigenvalue weighted by Gasteiger charge is -2.29. The SMILES string of the molecule is CC(C)C(C)(C)CNc1nc(Cl)nc2sccc12. The molecule has 0 saturated heterocycles. The Morgan fingerprint density at radius 1 is 1.39 bits per heavy atom. The van der Waals surface area contributed by atoms with E-state index in [-0.39, 0.29) is 5.41 Å². The van der Waals surface area contributed by atoms with Crippen molar-refractivity contribution in [1.29, 1.82) is 0 Å². The van der Waals surface area contributed by atoms with Gasteiger partial charge in [0.05, 0.1) is 5.39 Å². The number of hydrogen-bond donors (Lipinski definition) is 1. The maximum absolute atomic E-state index is 5.94. The van der Waals surface area contributed by atoms with Gasteiger partial charge in [0, 0.05) is 6.54 Å². The molecule has 2 aromatic heterocycles. The average molecular weight is 284 g/mol. The molecule has 0 unspecified atom stereocenters. The number of hydrogen-bond acceptors (Lipinski definition) is 4. The van der Waals surface area contributed by atoms with E-state index in [2.05, 4.69) is 43.0 Å². The van der Waals surface area contributed by atoms with Crippen LogP contribution in [-0.4, -0.2) is 16.5 Å². The fourth-order valence-electron chi connectivity index (χ4n) is 1.48. The molecule has 18 heavy (non-hydrogen) atoms. The second kappa shape index (κ2) is 5.02. The standard InChI is InChI=1S/C13H18ClN3S/c1-8(2)13(3,4)7-15-10-9-5-6-18-11(9)17-12(14)16-10/h5-6,8H,7H2,1-4H3,(H,15,16,17). The van der Waals surface area contributed by atoms with Gasteiger partial charge in [0.1, 0.15) is 10.6 Å². The minimum Gasteiger partial charge on any atom is -0.369 e. The third-order valence-electron chi connectivity index (χ3n) is 3.57. The molecule has 0 saturated carbocycles. The predicted molar refractivity (Wildman–Crippen MR) is 79.5 cm³/mol. The summed E-state index contributed by atoms with van der Waals surface area (Å²) in [5, 5.41) is 6.76. The number of nitrogens with one attached hydrogen (secondary N) is 1. The van der Waals surface area contributed by atoms with Crippen LogP contribution in [0.5, 0.6) is 0 Å². The molecule has 0 atom stereocenters. The van der Waals surface area contributed by atoms with Crippen LogP contribution in [0.3, 0.4) is 0 Å². The molecule has 0 aliphatic heterocycles. The molecular weight excluding hydrogens is 266 g/mol. The van der Waals surface area contributed by atoms with Gasteiger partial charge in [0.15, 0.2) is 0 Å². The molecule has 0 radical (unpaired) electrons. The Balaban J connectivity index is 2.24. The third kappa shape index (κ3) is 2.75. The Hall–Kier alpha value is -0.870. The van der Waals surface area contributed by atoms with Gasteiger partial charge >= 0.3 is 0 Å².